The molecule has 0 heterocycles. The molecule has 7 heteroatoms. The van der Waals surface area contributed by atoms with E-state index in [0.717, 1.165) is 14.2 Å². The van der Waals surface area contributed by atoms with E-state index in [-0.39, 0.29) is 27.4 Å². The van der Waals surface area contributed by atoms with Crippen molar-refractivity contribution in [3.05, 3.63) is 0 Å². The fourth-order valence-electron chi connectivity index (χ4n) is 0. The molecule has 0 unspecified atom stereocenters. The van der Waals surface area contributed by atoms with Gasteiger partial charge in [-0.15, -0.1) is 0 Å². The average Bonchev–Trinajstić information content (AvgIpc) is 1.50. The molecule has 0 spiro atoms. The predicted octanol–water partition coefficient (Wildman–Crippen LogP) is -4.91. The van der Waals surface area contributed by atoms with Crippen molar-refractivity contribution < 1.29 is 37.6 Å². The van der Waals surface area contributed by atoms with Gasteiger partial charge >= 0.3 is 0 Å². The van der Waals surface area contributed by atoms with Crippen LogP contribution in [0.5, 0.6) is 0 Å². The van der Waals surface area contributed by atoms with E-state index < -0.39 is 0 Å². The standard InChI is InChI=1S/2CH4O.5H2O/c2*1-2;;;;;/h2*2H,1H3;5*1H2. The fourth-order valence-corrected chi connectivity index (χ4v) is 0. The summed E-state index contributed by atoms with van der Waals surface area (Å²) >= 11 is 0. The van der Waals surface area contributed by atoms with Gasteiger partial charge in [0.2, 0.25) is 0 Å². The van der Waals surface area contributed by atoms with Gasteiger partial charge in [-0.1, -0.05) is 0 Å². The summed E-state index contributed by atoms with van der Waals surface area (Å²) in [6, 6.07) is 0. The van der Waals surface area contributed by atoms with Gasteiger partial charge in [-0.05, 0) is 0 Å². The Morgan fingerprint density at radius 2 is 0.444 bits per heavy atom. The van der Waals surface area contributed by atoms with Crippen LogP contribution in [0, 0.1) is 0 Å². The lowest BCUT2D eigenvalue weighted by Crippen LogP contribution is -1.25. The van der Waals surface area contributed by atoms with Gasteiger partial charge in [-0.3, -0.25) is 0 Å². The first-order valence-electron chi connectivity index (χ1n) is 0.894. The lowest BCUT2D eigenvalue weighted by Gasteiger charge is -1.21. The molecule has 0 fully saturated rings. The molecular formula is C2H18O7. The predicted molar refractivity (Wildman–Crippen MR) is 34.4 cm³/mol. The summed E-state index contributed by atoms with van der Waals surface area (Å²) in [5, 5.41) is 14.0. The van der Waals surface area contributed by atoms with Crippen LogP contribution in [0.1, 0.15) is 0 Å². The van der Waals surface area contributed by atoms with Crippen LogP contribution in [0.25, 0.3) is 0 Å². The second-order valence-corrected chi connectivity index (χ2v) is 0. The molecule has 12 N–H and O–H groups in total. The van der Waals surface area contributed by atoms with Crippen molar-refractivity contribution in [1.82, 2.24) is 0 Å². The van der Waals surface area contributed by atoms with Crippen LogP contribution in [-0.4, -0.2) is 51.8 Å². The number of rotatable bonds is 0. The van der Waals surface area contributed by atoms with Crippen LogP contribution in [0.4, 0.5) is 0 Å². The van der Waals surface area contributed by atoms with E-state index in [1.54, 1.807) is 0 Å². The Bertz CT molecular complexity index is 6.88. The van der Waals surface area contributed by atoms with Gasteiger partial charge in [0.05, 0.1) is 0 Å². The minimum atomic E-state index is 0. The SMILES string of the molecule is CO.CO.O.O.O.O.O. The third kappa shape index (κ3) is 3220. The number of hydrogen-bond donors (Lipinski definition) is 2. The molecule has 0 aromatic rings. The molecule has 0 aliphatic heterocycles. The molecule has 0 radical (unpaired) electrons. The second kappa shape index (κ2) is 4450. The molecule has 0 bridgehead atoms. The minimum Gasteiger partial charge on any atom is -0.412 e. The molecule has 0 saturated carbocycles. The topological polar surface area (TPSA) is 198 Å². The first kappa shape index (κ1) is 176. The third-order valence-electron chi connectivity index (χ3n) is 0. The molecule has 0 rings (SSSR count). The molecule has 0 aliphatic rings. The van der Waals surface area contributed by atoms with E-state index in [1.807, 2.05) is 0 Å². The van der Waals surface area contributed by atoms with Crippen molar-refractivity contribution in [2.24, 2.45) is 0 Å². The molecular weight excluding hydrogens is 136 g/mol. The molecule has 0 atom stereocenters. The van der Waals surface area contributed by atoms with E-state index in [1.165, 1.54) is 0 Å². The zero-order valence-electron chi connectivity index (χ0n) is 5.39. The maximum atomic E-state index is 7.00. The molecule has 0 amide bonds. The van der Waals surface area contributed by atoms with Gasteiger partial charge < -0.3 is 37.6 Å². The highest BCUT2D eigenvalue weighted by Gasteiger charge is 0.841. The Morgan fingerprint density at radius 3 is 0.444 bits per heavy atom. The summed E-state index contributed by atoms with van der Waals surface area (Å²) < 4.78 is 0. The van der Waals surface area contributed by atoms with Crippen LogP contribution in [0.15, 0.2) is 0 Å². The van der Waals surface area contributed by atoms with E-state index in [0.29, 0.717) is 0 Å². The van der Waals surface area contributed by atoms with Gasteiger partial charge in [0.15, 0.2) is 0 Å². The summed E-state index contributed by atoms with van der Waals surface area (Å²) in [4.78, 5) is 0. The maximum Gasteiger partial charge on any atom is 0.0319 e. The molecule has 68 valence electrons. The molecule has 7 nitrogen and oxygen atoms in total. The van der Waals surface area contributed by atoms with Gasteiger partial charge in [-0.2, -0.15) is 0 Å². The van der Waals surface area contributed by atoms with Crippen molar-refractivity contribution in [2.75, 3.05) is 14.2 Å². The normalized spacial score (nSPS) is 1.33. The fraction of sp³-hybridized carbons (Fsp3) is 1.00. The van der Waals surface area contributed by atoms with Gasteiger partial charge in [0.1, 0.15) is 0 Å². The van der Waals surface area contributed by atoms with Crippen molar-refractivity contribution in [1.29, 1.82) is 0 Å². The summed E-state index contributed by atoms with van der Waals surface area (Å²) in [6.07, 6.45) is 0. The van der Waals surface area contributed by atoms with Crippen LogP contribution in [0.2, 0.25) is 0 Å². The first-order valence-corrected chi connectivity index (χ1v) is 0.894. The highest BCUT2D eigenvalue weighted by atomic mass is 16.2. The third-order valence-corrected chi connectivity index (χ3v) is 0. The number of aliphatic hydroxyl groups is 2. The molecule has 0 saturated heterocycles. The minimum absolute atomic E-state index is 0. The van der Waals surface area contributed by atoms with Gasteiger partial charge in [-0.25, -0.2) is 0 Å². The Morgan fingerprint density at radius 1 is 0.444 bits per heavy atom. The molecule has 0 aliphatic carbocycles. The summed E-state index contributed by atoms with van der Waals surface area (Å²) in [7, 11) is 2.00. The lowest BCUT2D eigenvalue weighted by molar-refractivity contribution is 0.399. The number of aliphatic hydroxyl groups excluding tert-OH is 2. The summed E-state index contributed by atoms with van der Waals surface area (Å²) in [5.74, 6) is 0. The Labute approximate surface area is 53.1 Å². The first-order chi connectivity index (χ1) is 2.00. The molecule has 0 aromatic carbocycles. The van der Waals surface area contributed by atoms with Gasteiger partial charge in [0.25, 0.3) is 0 Å². The average molecular weight is 154 g/mol. The monoisotopic (exact) mass is 154 g/mol. The Balaban J connectivity index is -0.00000000114. The molecule has 9 heavy (non-hydrogen) atoms. The largest absolute Gasteiger partial charge is 0.412 e. The Hall–Kier alpha value is -0.280. The molecule has 0 aromatic heterocycles. The lowest BCUT2D eigenvalue weighted by atomic mass is 11.8. The van der Waals surface area contributed by atoms with E-state index in [9.17, 15) is 0 Å². The van der Waals surface area contributed by atoms with Crippen LogP contribution in [0.3, 0.4) is 0 Å². The van der Waals surface area contributed by atoms with E-state index in [2.05, 4.69) is 0 Å². The van der Waals surface area contributed by atoms with Crippen molar-refractivity contribution in [3.63, 3.8) is 0 Å². The second-order valence-electron chi connectivity index (χ2n) is 0. The summed E-state index contributed by atoms with van der Waals surface area (Å²) in [6.45, 7) is 0. The highest BCUT2D eigenvalue weighted by molar-refractivity contribution is 3.18. The summed E-state index contributed by atoms with van der Waals surface area (Å²) in [5.41, 5.74) is 0. The van der Waals surface area contributed by atoms with E-state index >= 15 is 0 Å². The van der Waals surface area contributed by atoms with Crippen molar-refractivity contribution in [3.8, 4) is 0 Å². The zero-order valence-corrected chi connectivity index (χ0v) is 5.39. The van der Waals surface area contributed by atoms with Gasteiger partial charge in [0, 0.05) is 14.2 Å². The number of hydrogen-bond acceptors (Lipinski definition) is 2. The van der Waals surface area contributed by atoms with Crippen LogP contribution >= 0.6 is 0 Å². The van der Waals surface area contributed by atoms with Crippen molar-refractivity contribution in [2.45, 2.75) is 0 Å². The Kier molecular flexibility index (Phi) is 86800. The zero-order chi connectivity index (χ0) is 4.00. The van der Waals surface area contributed by atoms with E-state index in [4.69, 9.17) is 10.2 Å². The van der Waals surface area contributed by atoms with Crippen LogP contribution < -0.4 is 0 Å². The van der Waals surface area contributed by atoms with Crippen molar-refractivity contribution >= 4 is 0 Å². The highest BCUT2D eigenvalue weighted by Crippen LogP contribution is 0.757. The quantitative estimate of drug-likeness (QED) is 0.352. The smallest absolute Gasteiger partial charge is 0.0319 e. The maximum absolute atomic E-state index is 7.00. The van der Waals surface area contributed by atoms with Crippen LogP contribution in [-0.2, 0) is 0 Å².